The molecule has 0 saturated carbocycles. The number of hydrogen-bond acceptors (Lipinski definition) is 3. The van der Waals surface area contributed by atoms with Gasteiger partial charge >= 0.3 is 6.09 Å². The van der Waals surface area contributed by atoms with Gasteiger partial charge in [-0.1, -0.05) is 0 Å². The highest BCUT2D eigenvalue weighted by atomic mass is 79.9. The van der Waals surface area contributed by atoms with Crippen molar-refractivity contribution in [3.8, 4) is 0 Å². The van der Waals surface area contributed by atoms with Crippen molar-refractivity contribution in [1.29, 1.82) is 0 Å². The molecule has 1 aromatic heterocycles. The minimum absolute atomic E-state index is 0.0868. The SMILES string of the molecule is Cn1nc(Br)cc1C1COC(=O)N1. The van der Waals surface area contributed by atoms with Crippen LogP contribution in [0.15, 0.2) is 10.7 Å². The Balaban J connectivity index is 2.25. The summed E-state index contributed by atoms with van der Waals surface area (Å²) in [4.78, 5) is 10.8. The van der Waals surface area contributed by atoms with Gasteiger partial charge in [-0.25, -0.2) is 4.79 Å². The first-order chi connectivity index (χ1) is 6.16. The van der Waals surface area contributed by atoms with Crippen molar-refractivity contribution in [2.45, 2.75) is 6.04 Å². The monoisotopic (exact) mass is 245 g/mol. The fourth-order valence-electron chi connectivity index (χ4n) is 1.32. The van der Waals surface area contributed by atoms with Gasteiger partial charge in [-0.05, 0) is 22.0 Å². The van der Waals surface area contributed by atoms with E-state index in [0.29, 0.717) is 6.61 Å². The maximum atomic E-state index is 10.8. The van der Waals surface area contributed by atoms with Crippen LogP contribution in [0.4, 0.5) is 4.79 Å². The third-order valence-corrected chi connectivity index (χ3v) is 2.30. The zero-order chi connectivity index (χ0) is 9.42. The molecule has 6 heteroatoms. The first kappa shape index (κ1) is 8.55. The minimum Gasteiger partial charge on any atom is -0.447 e. The van der Waals surface area contributed by atoms with E-state index in [4.69, 9.17) is 4.74 Å². The molecular formula is C7H8BrN3O2. The Morgan fingerprint density at radius 1 is 1.85 bits per heavy atom. The number of amides is 1. The van der Waals surface area contributed by atoms with E-state index in [9.17, 15) is 4.79 Å². The van der Waals surface area contributed by atoms with Gasteiger partial charge in [0.15, 0.2) is 0 Å². The third-order valence-electron chi connectivity index (χ3n) is 1.92. The van der Waals surface area contributed by atoms with Crippen molar-refractivity contribution in [2.24, 2.45) is 7.05 Å². The summed E-state index contributed by atoms with van der Waals surface area (Å²) in [7, 11) is 1.82. The van der Waals surface area contributed by atoms with Gasteiger partial charge in [0.25, 0.3) is 0 Å². The number of hydrogen-bond donors (Lipinski definition) is 1. The molecule has 1 fully saturated rings. The highest BCUT2D eigenvalue weighted by Crippen LogP contribution is 2.20. The molecule has 1 unspecified atom stereocenters. The third kappa shape index (κ3) is 1.53. The van der Waals surface area contributed by atoms with Gasteiger partial charge in [0.05, 0.1) is 5.69 Å². The number of nitrogens with zero attached hydrogens (tertiary/aromatic N) is 2. The second-order valence-corrected chi connectivity index (χ2v) is 3.62. The number of rotatable bonds is 1. The molecule has 1 N–H and O–H groups in total. The zero-order valence-corrected chi connectivity index (χ0v) is 8.54. The van der Waals surface area contributed by atoms with E-state index in [0.717, 1.165) is 10.3 Å². The molecule has 0 aliphatic carbocycles. The highest BCUT2D eigenvalue weighted by Gasteiger charge is 2.26. The maximum absolute atomic E-state index is 10.8. The summed E-state index contributed by atoms with van der Waals surface area (Å²) in [6.07, 6.45) is -0.373. The second-order valence-electron chi connectivity index (χ2n) is 2.81. The number of nitrogens with one attached hydrogen (secondary N) is 1. The quantitative estimate of drug-likeness (QED) is 0.803. The van der Waals surface area contributed by atoms with Gasteiger partial charge < -0.3 is 10.1 Å². The summed E-state index contributed by atoms with van der Waals surface area (Å²) in [6.45, 7) is 0.366. The van der Waals surface area contributed by atoms with Gasteiger partial charge in [-0.3, -0.25) is 4.68 Å². The Bertz CT molecular complexity index is 350. The van der Waals surface area contributed by atoms with E-state index in [1.807, 2.05) is 13.1 Å². The Labute approximate surface area is 83.2 Å². The van der Waals surface area contributed by atoms with Crippen LogP contribution in [0.3, 0.4) is 0 Å². The summed E-state index contributed by atoms with van der Waals surface area (Å²) >= 11 is 3.26. The first-order valence-electron chi connectivity index (χ1n) is 3.79. The highest BCUT2D eigenvalue weighted by molar-refractivity contribution is 9.10. The number of cyclic esters (lactones) is 1. The van der Waals surface area contributed by atoms with Crippen LogP contribution in [0, 0.1) is 0 Å². The molecule has 1 saturated heterocycles. The van der Waals surface area contributed by atoms with Crippen molar-refractivity contribution in [1.82, 2.24) is 15.1 Å². The maximum Gasteiger partial charge on any atom is 0.407 e. The summed E-state index contributed by atoms with van der Waals surface area (Å²) in [5.41, 5.74) is 0.928. The summed E-state index contributed by atoms with van der Waals surface area (Å²) in [5.74, 6) is 0. The molecule has 0 bridgehead atoms. The first-order valence-corrected chi connectivity index (χ1v) is 4.59. The van der Waals surface area contributed by atoms with Crippen LogP contribution < -0.4 is 5.32 Å². The molecule has 1 amide bonds. The summed E-state index contributed by atoms with van der Waals surface area (Å²) in [5, 5.41) is 6.79. The molecule has 1 aromatic rings. The molecule has 70 valence electrons. The Morgan fingerprint density at radius 2 is 2.62 bits per heavy atom. The molecule has 5 nitrogen and oxygen atoms in total. The predicted octanol–water partition coefficient (Wildman–Crippen LogP) is 0.963. The number of halogens is 1. The Hall–Kier alpha value is -1.04. The summed E-state index contributed by atoms with van der Waals surface area (Å²) in [6, 6.07) is 1.77. The zero-order valence-electron chi connectivity index (χ0n) is 6.95. The molecule has 13 heavy (non-hydrogen) atoms. The fourth-order valence-corrected chi connectivity index (χ4v) is 1.79. The van der Waals surface area contributed by atoms with Crippen molar-refractivity contribution >= 4 is 22.0 Å². The lowest BCUT2D eigenvalue weighted by Crippen LogP contribution is -2.20. The Morgan fingerprint density at radius 3 is 3.08 bits per heavy atom. The van der Waals surface area contributed by atoms with Crippen molar-refractivity contribution in [3.05, 3.63) is 16.4 Å². The molecule has 0 aromatic carbocycles. The van der Waals surface area contributed by atoms with Crippen LogP contribution in [0.25, 0.3) is 0 Å². The van der Waals surface area contributed by atoms with Crippen LogP contribution in [0.1, 0.15) is 11.7 Å². The van der Waals surface area contributed by atoms with Gasteiger partial charge in [-0.2, -0.15) is 5.10 Å². The standard InChI is InChI=1S/C7H8BrN3O2/c1-11-5(2-6(8)10-11)4-3-13-7(12)9-4/h2,4H,3H2,1H3,(H,9,12). The van der Waals surface area contributed by atoms with E-state index in [1.165, 1.54) is 0 Å². The van der Waals surface area contributed by atoms with Gasteiger partial charge in [-0.15, -0.1) is 0 Å². The predicted molar refractivity (Wildman–Crippen MR) is 48.1 cm³/mol. The van der Waals surface area contributed by atoms with Crippen LogP contribution in [0.5, 0.6) is 0 Å². The molecule has 1 aliphatic heterocycles. The smallest absolute Gasteiger partial charge is 0.407 e. The molecule has 1 aliphatic rings. The fraction of sp³-hybridized carbons (Fsp3) is 0.429. The van der Waals surface area contributed by atoms with Gasteiger partial charge in [0.1, 0.15) is 17.3 Å². The largest absolute Gasteiger partial charge is 0.447 e. The van der Waals surface area contributed by atoms with E-state index < -0.39 is 0 Å². The van der Waals surface area contributed by atoms with Crippen LogP contribution in [-0.2, 0) is 11.8 Å². The number of aryl methyl sites for hydroxylation is 1. The average molecular weight is 246 g/mol. The average Bonchev–Trinajstić information content (AvgIpc) is 2.58. The van der Waals surface area contributed by atoms with Crippen molar-refractivity contribution in [2.75, 3.05) is 6.61 Å². The lowest BCUT2D eigenvalue weighted by Gasteiger charge is -2.06. The molecule has 2 heterocycles. The lowest BCUT2D eigenvalue weighted by atomic mass is 10.2. The summed E-state index contributed by atoms with van der Waals surface area (Å²) < 4.78 is 7.25. The van der Waals surface area contributed by atoms with Crippen LogP contribution in [-0.4, -0.2) is 22.5 Å². The normalized spacial score (nSPS) is 21.4. The van der Waals surface area contributed by atoms with Crippen molar-refractivity contribution in [3.63, 3.8) is 0 Å². The number of aromatic nitrogens is 2. The van der Waals surface area contributed by atoms with Crippen LogP contribution in [0.2, 0.25) is 0 Å². The van der Waals surface area contributed by atoms with E-state index >= 15 is 0 Å². The lowest BCUT2D eigenvalue weighted by molar-refractivity contribution is 0.176. The molecular weight excluding hydrogens is 238 g/mol. The topological polar surface area (TPSA) is 56.2 Å². The minimum atomic E-state index is -0.373. The van der Waals surface area contributed by atoms with E-state index in [-0.39, 0.29) is 12.1 Å². The number of carbonyl (C=O) groups is 1. The van der Waals surface area contributed by atoms with Crippen molar-refractivity contribution < 1.29 is 9.53 Å². The molecule has 2 rings (SSSR count). The van der Waals surface area contributed by atoms with E-state index in [1.54, 1.807) is 4.68 Å². The van der Waals surface area contributed by atoms with Crippen LogP contribution >= 0.6 is 15.9 Å². The van der Waals surface area contributed by atoms with E-state index in [2.05, 4.69) is 26.3 Å². The van der Waals surface area contributed by atoms with Gasteiger partial charge in [0, 0.05) is 7.05 Å². The number of ether oxygens (including phenoxy) is 1. The molecule has 0 radical (unpaired) electrons. The number of carbonyl (C=O) groups excluding carboxylic acids is 1. The van der Waals surface area contributed by atoms with Gasteiger partial charge in [0.2, 0.25) is 0 Å². The number of alkyl carbamates (subject to hydrolysis) is 1. The molecule has 1 atom stereocenters. The Kier molecular flexibility index (Phi) is 1.99. The second kappa shape index (κ2) is 3.02. The molecule has 0 spiro atoms.